The Kier molecular flexibility index (Phi) is 5.38. The van der Waals surface area contributed by atoms with Crippen molar-refractivity contribution in [2.24, 2.45) is 0 Å². The van der Waals surface area contributed by atoms with Crippen molar-refractivity contribution in [3.8, 4) is 6.07 Å². The van der Waals surface area contributed by atoms with Crippen LogP contribution in [0.5, 0.6) is 0 Å². The molecule has 0 bridgehead atoms. The van der Waals surface area contributed by atoms with E-state index in [1.54, 1.807) is 0 Å². The summed E-state index contributed by atoms with van der Waals surface area (Å²) >= 11 is 0. The smallest absolute Gasteiger partial charge is 0.151 e. The van der Waals surface area contributed by atoms with Gasteiger partial charge in [0.2, 0.25) is 0 Å². The molecule has 0 spiro atoms. The van der Waals surface area contributed by atoms with Gasteiger partial charge in [0.25, 0.3) is 0 Å². The molecule has 0 aliphatic rings. The molecule has 0 fully saturated rings. The highest BCUT2D eigenvalue weighted by Crippen LogP contribution is 2.24. The SMILES string of the molecule is CCN(CC)c1ccc(/C=C(\C#N)c2nc3ccccc3n2CC)cc1. The zero-order chi connectivity index (χ0) is 18.5. The minimum atomic E-state index is 0.582. The monoisotopic (exact) mass is 344 g/mol. The Morgan fingerprint density at radius 3 is 2.38 bits per heavy atom. The highest BCUT2D eigenvalue weighted by atomic mass is 15.1. The van der Waals surface area contributed by atoms with Crippen LogP contribution in [-0.2, 0) is 6.54 Å². The van der Waals surface area contributed by atoms with Gasteiger partial charge >= 0.3 is 0 Å². The van der Waals surface area contributed by atoms with Gasteiger partial charge in [-0.3, -0.25) is 0 Å². The summed E-state index contributed by atoms with van der Waals surface area (Å²) < 4.78 is 2.09. The number of aryl methyl sites for hydroxylation is 1. The van der Waals surface area contributed by atoms with E-state index in [4.69, 9.17) is 0 Å². The van der Waals surface area contributed by atoms with Gasteiger partial charge in [-0.15, -0.1) is 0 Å². The summed E-state index contributed by atoms with van der Waals surface area (Å²) in [5.74, 6) is 0.726. The van der Waals surface area contributed by atoms with Crippen molar-refractivity contribution in [3.63, 3.8) is 0 Å². The van der Waals surface area contributed by atoms with Gasteiger partial charge in [0.15, 0.2) is 5.82 Å². The molecule has 0 aliphatic heterocycles. The predicted molar refractivity (Wildman–Crippen MR) is 109 cm³/mol. The quantitative estimate of drug-likeness (QED) is 0.593. The van der Waals surface area contributed by atoms with Crippen molar-refractivity contribution in [1.29, 1.82) is 5.26 Å². The molecule has 1 aromatic heterocycles. The maximum Gasteiger partial charge on any atom is 0.151 e. The lowest BCUT2D eigenvalue weighted by Crippen LogP contribution is -2.21. The fraction of sp³-hybridized carbons (Fsp3) is 0.273. The van der Waals surface area contributed by atoms with E-state index in [-0.39, 0.29) is 0 Å². The van der Waals surface area contributed by atoms with Crippen LogP contribution >= 0.6 is 0 Å². The predicted octanol–water partition coefficient (Wildman–Crippen LogP) is 4.97. The van der Waals surface area contributed by atoms with Gasteiger partial charge in [-0.05, 0) is 56.7 Å². The first-order chi connectivity index (χ1) is 12.7. The normalized spacial score (nSPS) is 11.5. The van der Waals surface area contributed by atoms with Gasteiger partial charge in [0.05, 0.1) is 16.6 Å². The second-order valence-electron chi connectivity index (χ2n) is 6.10. The molecule has 4 heteroatoms. The average Bonchev–Trinajstić information content (AvgIpc) is 3.06. The van der Waals surface area contributed by atoms with Crippen molar-refractivity contribution in [2.75, 3.05) is 18.0 Å². The van der Waals surface area contributed by atoms with Gasteiger partial charge in [-0.25, -0.2) is 4.98 Å². The third-order valence-corrected chi connectivity index (χ3v) is 4.66. The van der Waals surface area contributed by atoms with E-state index in [1.165, 1.54) is 5.69 Å². The van der Waals surface area contributed by atoms with Crippen LogP contribution in [0.1, 0.15) is 32.2 Å². The molecule has 0 saturated heterocycles. The Morgan fingerprint density at radius 2 is 1.77 bits per heavy atom. The molecule has 0 radical (unpaired) electrons. The third kappa shape index (κ3) is 3.34. The molecule has 0 aliphatic carbocycles. The van der Waals surface area contributed by atoms with Gasteiger partial charge in [0.1, 0.15) is 6.07 Å². The maximum absolute atomic E-state index is 9.72. The Bertz CT molecular complexity index is 954. The fourth-order valence-corrected chi connectivity index (χ4v) is 3.28. The number of hydrogen-bond acceptors (Lipinski definition) is 3. The topological polar surface area (TPSA) is 44.9 Å². The van der Waals surface area contributed by atoms with Crippen molar-refractivity contribution in [1.82, 2.24) is 9.55 Å². The number of para-hydroxylation sites is 2. The minimum Gasteiger partial charge on any atom is -0.372 e. The highest BCUT2D eigenvalue weighted by molar-refractivity contribution is 5.91. The van der Waals surface area contributed by atoms with E-state index in [1.807, 2.05) is 30.3 Å². The van der Waals surface area contributed by atoms with Crippen LogP contribution in [-0.4, -0.2) is 22.6 Å². The summed E-state index contributed by atoms with van der Waals surface area (Å²) in [6.45, 7) is 9.12. The third-order valence-electron chi connectivity index (χ3n) is 4.66. The summed E-state index contributed by atoms with van der Waals surface area (Å²) in [7, 11) is 0. The van der Waals surface area contributed by atoms with Gasteiger partial charge in [-0.1, -0.05) is 24.3 Å². The van der Waals surface area contributed by atoms with Gasteiger partial charge < -0.3 is 9.47 Å². The molecule has 3 aromatic rings. The van der Waals surface area contributed by atoms with Crippen LogP contribution in [0.15, 0.2) is 48.5 Å². The maximum atomic E-state index is 9.72. The molecule has 0 amide bonds. The van der Waals surface area contributed by atoms with Crippen LogP contribution in [0.4, 0.5) is 5.69 Å². The van der Waals surface area contributed by atoms with Crippen LogP contribution in [0.2, 0.25) is 0 Å². The number of benzene rings is 2. The van der Waals surface area contributed by atoms with E-state index < -0.39 is 0 Å². The lowest BCUT2D eigenvalue weighted by molar-refractivity contribution is 0.775. The molecular weight excluding hydrogens is 320 g/mol. The highest BCUT2D eigenvalue weighted by Gasteiger charge is 2.13. The first-order valence-corrected chi connectivity index (χ1v) is 9.14. The molecule has 1 heterocycles. The van der Waals surface area contributed by atoms with Crippen molar-refractivity contribution in [3.05, 3.63) is 59.9 Å². The van der Waals surface area contributed by atoms with E-state index in [0.29, 0.717) is 5.57 Å². The largest absolute Gasteiger partial charge is 0.372 e. The Labute approximate surface area is 155 Å². The molecular formula is C22H24N4. The number of anilines is 1. The lowest BCUT2D eigenvalue weighted by Gasteiger charge is -2.20. The average molecular weight is 344 g/mol. The second kappa shape index (κ2) is 7.88. The number of hydrogen-bond donors (Lipinski definition) is 0. The number of allylic oxidation sites excluding steroid dienone is 1. The standard InChI is InChI=1S/C22H24N4/c1-4-25(5-2)19-13-11-17(12-14-19)15-18(16-23)22-24-20-9-7-8-10-21(20)26(22)6-3/h7-15H,4-6H2,1-3H3/b18-15+. The summed E-state index contributed by atoms with van der Waals surface area (Å²) in [5, 5.41) is 9.72. The molecule has 3 rings (SSSR count). The van der Waals surface area contributed by atoms with E-state index in [9.17, 15) is 5.26 Å². The number of aromatic nitrogens is 2. The molecule has 2 aromatic carbocycles. The number of imidazole rings is 1. The zero-order valence-corrected chi connectivity index (χ0v) is 15.6. The fourth-order valence-electron chi connectivity index (χ4n) is 3.28. The van der Waals surface area contributed by atoms with Gasteiger partial charge in [0, 0.05) is 25.3 Å². The molecule has 26 heavy (non-hydrogen) atoms. The summed E-state index contributed by atoms with van der Waals surface area (Å²) in [5.41, 5.74) is 4.77. The minimum absolute atomic E-state index is 0.582. The molecule has 4 nitrogen and oxygen atoms in total. The first kappa shape index (κ1) is 17.8. The Hall–Kier alpha value is -3.06. The van der Waals surface area contributed by atoms with Gasteiger partial charge in [-0.2, -0.15) is 5.26 Å². The van der Waals surface area contributed by atoms with E-state index in [2.05, 4.69) is 65.6 Å². The van der Waals surface area contributed by atoms with E-state index in [0.717, 1.165) is 42.1 Å². The van der Waals surface area contributed by atoms with Crippen molar-refractivity contribution in [2.45, 2.75) is 27.3 Å². The summed E-state index contributed by atoms with van der Waals surface area (Å²) in [6.07, 6.45) is 1.92. The molecule has 0 saturated carbocycles. The Morgan fingerprint density at radius 1 is 1.08 bits per heavy atom. The van der Waals surface area contributed by atoms with Crippen LogP contribution in [0, 0.1) is 11.3 Å². The van der Waals surface area contributed by atoms with Crippen LogP contribution < -0.4 is 4.90 Å². The van der Waals surface area contributed by atoms with Crippen molar-refractivity contribution >= 4 is 28.4 Å². The molecule has 0 unspecified atom stereocenters. The number of fused-ring (bicyclic) bond motifs is 1. The zero-order valence-electron chi connectivity index (χ0n) is 15.6. The van der Waals surface area contributed by atoms with E-state index >= 15 is 0 Å². The summed E-state index contributed by atoms with van der Waals surface area (Å²) in [6, 6.07) is 18.7. The number of rotatable bonds is 6. The molecule has 0 N–H and O–H groups in total. The van der Waals surface area contributed by atoms with Crippen LogP contribution in [0.25, 0.3) is 22.7 Å². The number of nitriles is 1. The number of nitrogens with zero attached hydrogens (tertiary/aromatic N) is 4. The molecule has 0 atom stereocenters. The lowest BCUT2D eigenvalue weighted by atomic mass is 10.1. The second-order valence-corrected chi connectivity index (χ2v) is 6.10. The Balaban J connectivity index is 2.00. The summed E-state index contributed by atoms with van der Waals surface area (Å²) in [4.78, 5) is 6.99. The van der Waals surface area contributed by atoms with Crippen LogP contribution in [0.3, 0.4) is 0 Å². The van der Waals surface area contributed by atoms with Crippen molar-refractivity contribution < 1.29 is 0 Å². The molecule has 132 valence electrons. The first-order valence-electron chi connectivity index (χ1n) is 9.14.